The van der Waals surface area contributed by atoms with Gasteiger partial charge in [0.1, 0.15) is 0 Å². The van der Waals surface area contributed by atoms with Crippen LogP contribution in [0.1, 0.15) is 47.0 Å². The fourth-order valence-corrected chi connectivity index (χ4v) is 4.27. The Morgan fingerprint density at radius 1 is 1.27 bits per heavy atom. The predicted octanol–water partition coefficient (Wildman–Crippen LogP) is 2.24. The zero-order valence-electron chi connectivity index (χ0n) is 10.2. The summed E-state index contributed by atoms with van der Waals surface area (Å²) in [5, 5.41) is -0.123. The lowest BCUT2D eigenvalue weighted by atomic mass is 10.1. The van der Waals surface area contributed by atoms with Crippen molar-refractivity contribution in [2.24, 2.45) is 5.92 Å². The molecule has 3 nitrogen and oxygen atoms in total. The van der Waals surface area contributed by atoms with E-state index in [1.807, 2.05) is 13.8 Å². The fraction of sp³-hybridized carbons (Fsp3) is 1.00. The second-order valence-corrected chi connectivity index (χ2v) is 7.30. The minimum Gasteiger partial charge on any atom is -0.212 e. The molecule has 0 radical (unpaired) electrons. The highest BCUT2D eigenvalue weighted by molar-refractivity contribution is 7.90. The van der Waals surface area contributed by atoms with Crippen LogP contribution in [0, 0.1) is 5.92 Å². The van der Waals surface area contributed by atoms with Gasteiger partial charge in [-0.25, -0.2) is 8.42 Å². The molecule has 0 saturated carbocycles. The number of hydrogen-bond donors (Lipinski definition) is 0. The van der Waals surface area contributed by atoms with Gasteiger partial charge in [0.2, 0.25) is 10.0 Å². The van der Waals surface area contributed by atoms with E-state index in [1.165, 1.54) is 0 Å². The minimum atomic E-state index is -2.99. The first-order valence-electron chi connectivity index (χ1n) is 5.86. The molecule has 1 heterocycles. The maximum atomic E-state index is 12.1. The third-order valence-electron chi connectivity index (χ3n) is 3.06. The molecule has 0 spiro atoms. The quantitative estimate of drug-likeness (QED) is 0.747. The standard InChI is InChI=1S/C11H23NO2S/c1-9(2)5-6-11-7-8-12(10(3)4)15(11,13)14/h9-11H,5-8H2,1-4H3. The summed E-state index contributed by atoms with van der Waals surface area (Å²) >= 11 is 0. The second kappa shape index (κ2) is 4.83. The molecule has 90 valence electrons. The van der Waals surface area contributed by atoms with Gasteiger partial charge in [-0.3, -0.25) is 0 Å². The number of sulfonamides is 1. The average molecular weight is 233 g/mol. The average Bonchev–Trinajstić information content (AvgIpc) is 2.37. The number of hydrogen-bond acceptors (Lipinski definition) is 2. The van der Waals surface area contributed by atoms with Gasteiger partial charge >= 0.3 is 0 Å². The van der Waals surface area contributed by atoms with Crippen LogP contribution >= 0.6 is 0 Å². The Hall–Kier alpha value is -0.0900. The molecule has 1 fully saturated rings. The summed E-state index contributed by atoms with van der Waals surface area (Å²) in [7, 11) is -2.99. The maximum absolute atomic E-state index is 12.1. The first kappa shape index (κ1) is 13.0. The molecular weight excluding hydrogens is 210 g/mol. The zero-order valence-corrected chi connectivity index (χ0v) is 11.0. The van der Waals surface area contributed by atoms with Gasteiger partial charge in [-0.15, -0.1) is 0 Å². The number of rotatable bonds is 4. The summed E-state index contributed by atoms with van der Waals surface area (Å²) in [6, 6.07) is 0.110. The van der Waals surface area contributed by atoms with Crippen molar-refractivity contribution in [3.8, 4) is 0 Å². The highest BCUT2D eigenvalue weighted by atomic mass is 32.2. The van der Waals surface area contributed by atoms with E-state index in [-0.39, 0.29) is 11.3 Å². The normalized spacial score (nSPS) is 26.7. The van der Waals surface area contributed by atoms with Gasteiger partial charge in [0.15, 0.2) is 0 Å². The van der Waals surface area contributed by atoms with E-state index < -0.39 is 10.0 Å². The van der Waals surface area contributed by atoms with E-state index >= 15 is 0 Å². The molecule has 0 aromatic rings. The van der Waals surface area contributed by atoms with Gasteiger partial charge in [0.05, 0.1) is 5.25 Å². The SMILES string of the molecule is CC(C)CCC1CCN(C(C)C)S1(=O)=O. The summed E-state index contributed by atoms with van der Waals surface area (Å²) in [5.74, 6) is 0.591. The highest BCUT2D eigenvalue weighted by Crippen LogP contribution is 2.28. The van der Waals surface area contributed by atoms with Gasteiger partial charge in [-0.1, -0.05) is 13.8 Å². The lowest BCUT2D eigenvalue weighted by molar-refractivity contribution is 0.381. The summed E-state index contributed by atoms with van der Waals surface area (Å²) < 4.78 is 25.8. The van der Waals surface area contributed by atoms with Crippen molar-refractivity contribution < 1.29 is 8.42 Å². The van der Waals surface area contributed by atoms with Gasteiger partial charge in [-0.2, -0.15) is 4.31 Å². The van der Waals surface area contributed by atoms with E-state index in [0.717, 1.165) is 19.3 Å². The van der Waals surface area contributed by atoms with E-state index in [9.17, 15) is 8.42 Å². The summed E-state index contributed by atoms with van der Waals surface area (Å²) in [6.07, 6.45) is 2.65. The van der Waals surface area contributed by atoms with Crippen molar-refractivity contribution in [3.63, 3.8) is 0 Å². The van der Waals surface area contributed by atoms with Crippen LogP contribution in [0.15, 0.2) is 0 Å². The molecule has 0 bridgehead atoms. The van der Waals surface area contributed by atoms with Crippen LogP contribution in [0.3, 0.4) is 0 Å². The molecule has 0 aromatic heterocycles. The molecular formula is C11H23NO2S. The highest BCUT2D eigenvalue weighted by Gasteiger charge is 2.39. The Bertz CT molecular complexity index is 296. The molecule has 1 atom stereocenters. The van der Waals surface area contributed by atoms with Crippen molar-refractivity contribution >= 4 is 10.0 Å². The van der Waals surface area contributed by atoms with Crippen molar-refractivity contribution in [1.29, 1.82) is 0 Å². The summed E-state index contributed by atoms with van der Waals surface area (Å²) in [4.78, 5) is 0. The molecule has 0 aliphatic carbocycles. The molecule has 15 heavy (non-hydrogen) atoms. The van der Waals surface area contributed by atoms with Gasteiger partial charge in [-0.05, 0) is 39.0 Å². The lowest BCUT2D eigenvalue weighted by Crippen LogP contribution is -2.34. The van der Waals surface area contributed by atoms with Crippen LogP contribution in [0.25, 0.3) is 0 Å². The number of nitrogens with zero attached hydrogens (tertiary/aromatic N) is 1. The van der Waals surface area contributed by atoms with Crippen molar-refractivity contribution in [1.82, 2.24) is 4.31 Å². The van der Waals surface area contributed by atoms with Crippen LogP contribution < -0.4 is 0 Å². The van der Waals surface area contributed by atoms with Crippen molar-refractivity contribution in [3.05, 3.63) is 0 Å². The molecule has 1 rings (SSSR count). The Balaban J connectivity index is 2.64. The Labute approximate surface area is 93.9 Å². The van der Waals surface area contributed by atoms with Crippen LogP contribution in [-0.4, -0.2) is 30.6 Å². The molecule has 0 N–H and O–H groups in total. The molecule has 1 aliphatic rings. The molecule has 4 heteroatoms. The van der Waals surface area contributed by atoms with Gasteiger partial charge in [0, 0.05) is 12.6 Å². The monoisotopic (exact) mass is 233 g/mol. The third kappa shape index (κ3) is 2.94. The first-order chi connectivity index (χ1) is 6.85. The lowest BCUT2D eigenvalue weighted by Gasteiger charge is -2.20. The van der Waals surface area contributed by atoms with Crippen LogP contribution in [0.5, 0.6) is 0 Å². The van der Waals surface area contributed by atoms with E-state index in [2.05, 4.69) is 13.8 Å². The third-order valence-corrected chi connectivity index (χ3v) is 5.63. The van der Waals surface area contributed by atoms with Crippen molar-refractivity contribution in [2.45, 2.75) is 58.2 Å². The van der Waals surface area contributed by atoms with Crippen molar-refractivity contribution in [2.75, 3.05) is 6.54 Å². The zero-order chi connectivity index (χ0) is 11.6. The summed E-state index contributed by atoms with van der Waals surface area (Å²) in [5.41, 5.74) is 0. The van der Waals surface area contributed by atoms with Crippen LogP contribution in [0.4, 0.5) is 0 Å². The smallest absolute Gasteiger partial charge is 0.212 e. The fourth-order valence-electron chi connectivity index (χ4n) is 2.10. The van der Waals surface area contributed by atoms with Crippen LogP contribution in [0.2, 0.25) is 0 Å². The Morgan fingerprint density at radius 2 is 1.87 bits per heavy atom. The molecule has 0 amide bonds. The van der Waals surface area contributed by atoms with Crippen LogP contribution in [-0.2, 0) is 10.0 Å². The second-order valence-electron chi connectivity index (χ2n) is 5.13. The predicted molar refractivity (Wildman–Crippen MR) is 63.2 cm³/mol. The van der Waals surface area contributed by atoms with Gasteiger partial charge < -0.3 is 0 Å². The van der Waals surface area contributed by atoms with E-state index in [0.29, 0.717) is 12.5 Å². The molecule has 1 aliphatic heterocycles. The van der Waals surface area contributed by atoms with E-state index in [4.69, 9.17) is 0 Å². The summed E-state index contributed by atoms with van der Waals surface area (Å²) in [6.45, 7) is 8.89. The Kier molecular flexibility index (Phi) is 4.18. The minimum absolute atomic E-state index is 0.110. The van der Waals surface area contributed by atoms with Gasteiger partial charge in [0.25, 0.3) is 0 Å². The van der Waals surface area contributed by atoms with E-state index in [1.54, 1.807) is 4.31 Å². The maximum Gasteiger partial charge on any atom is 0.217 e. The Morgan fingerprint density at radius 3 is 2.27 bits per heavy atom. The molecule has 1 unspecified atom stereocenters. The topological polar surface area (TPSA) is 37.4 Å². The largest absolute Gasteiger partial charge is 0.217 e. The molecule has 0 aromatic carbocycles. The first-order valence-corrected chi connectivity index (χ1v) is 7.36. The molecule has 1 saturated heterocycles.